The summed E-state index contributed by atoms with van der Waals surface area (Å²) in [4.78, 5) is 9.92. The van der Waals surface area contributed by atoms with Gasteiger partial charge in [0.2, 0.25) is 0 Å². The van der Waals surface area contributed by atoms with Gasteiger partial charge < -0.3 is 4.79 Å². The smallest absolute Gasteiger partial charge is 0.120 e. The van der Waals surface area contributed by atoms with E-state index in [0.717, 1.165) is 12.7 Å². The fraction of sp³-hybridized carbons (Fsp3) is 0.800. The average Bonchev–Trinajstić information content (AvgIpc) is 2.03. The Kier molecular flexibility index (Phi) is 9.38. The molecule has 0 saturated heterocycles. The fourth-order valence-corrected chi connectivity index (χ4v) is 1.05. The van der Waals surface area contributed by atoms with Crippen molar-refractivity contribution in [2.24, 2.45) is 0 Å². The Labute approximate surface area is 70.2 Å². The van der Waals surface area contributed by atoms with Gasteiger partial charge in [-0.15, -0.1) is 0 Å². The van der Waals surface area contributed by atoms with Crippen LogP contribution < -0.4 is 0 Å². The summed E-state index contributed by atoms with van der Waals surface area (Å²) in [5.41, 5.74) is 0. The molecule has 0 aliphatic carbocycles. The van der Waals surface area contributed by atoms with Gasteiger partial charge in [0, 0.05) is 6.42 Å². The van der Waals surface area contributed by atoms with Crippen molar-refractivity contribution in [1.82, 2.24) is 0 Å². The molecular formula is C10H19O. The van der Waals surface area contributed by atoms with E-state index in [2.05, 4.69) is 13.3 Å². The van der Waals surface area contributed by atoms with Crippen LogP contribution >= 0.6 is 0 Å². The van der Waals surface area contributed by atoms with Crippen molar-refractivity contribution in [3.63, 3.8) is 0 Å². The van der Waals surface area contributed by atoms with Crippen molar-refractivity contribution >= 4 is 6.29 Å². The van der Waals surface area contributed by atoms with Crippen LogP contribution in [0.5, 0.6) is 0 Å². The van der Waals surface area contributed by atoms with Gasteiger partial charge in [-0.2, -0.15) is 0 Å². The van der Waals surface area contributed by atoms with E-state index in [9.17, 15) is 4.79 Å². The van der Waals surface area contributed by atoms with Crippen LogP contribution in [0.25, 0.3) is 0 Å². The highest BCUT2D eigenvalue weighted by Gasteiger charge is 1.89. The van der Waals surface area contributed by atoms with Crippen molar-refractivity contribution in [1.29, 1.82) is 0 Å². The van der Waals surface area contributed by atoms with E-state index in [1.807, 2.05) is 0 Å². The highest BCUT2D eigenvalue weighted by molar-refractivity contribution is 5.49. The number of carbonyl (C=O) groups is 1. The second-order valence-electron chi connectivity index (χ2n) is 2.88. The molecule has 1 heteroatoms. The molecule has 0 N–H and O–H groups in total. The van der Waals surface area contributed by atoms with Crippen LogP contribution in [-0.4, -0.2) is 6.29 Å². The molecule has 0 aromatic rings. The second kappa shape index (κ2) is 9.67. The third kappa shape index (κ3) is 9.67. The standard InChI is InChI=1S/C10H19O/c1-2-3-4-5-6-7-8-9-10-11/h7,10H,2-6,8-9H2,1H3. The van der Waals surface area contributed by atoms with Crippen molar-refractivity contribution < 1.29 is 4.79 Å². The van der Waals surface area contributed by atoms with Crippen molar-refractivity contribution in [2.75, 3.05) is 0 Å². The highest BCUT2D eigenvalue weighted by atomic mass is 16.1. The molecule has 0 fully saturated rings. The average molecular weight is 155 g/mol. The molecule has 0 bridgehead atoms. The van der Waals surface area contributed by atoms with E-state index < -0.39 is 0 Å². The number of unbranched alkanes of at least 4 members (excludes halogenated alkanes) is 7. The quantitative estimate of drug-likeness (QED) is 0.389. The summed E-state index contributed by atoms with van der Waals surface area (Å²) in [7, 11) is 0. The third-order valence-corrected chi connectivity index (χ3v) is 1.75. The molecule has 11 heavy (non-hydrogen) atoms. The molecule has 0 amide bonds. The maximum Gasteiger partial charge on any atom is 0.120 e. The van der Waals surface area contributed by atoms with Gasteiger partial charge in [0.05, 0.1) is 0 Å². The summed E-state index contributed by atoms with van der Waals surface area (Å²) in [6, 6.07) is 0. The van der Waals surface area contributed by atoms with E-state index in [1.54, 1.807) is 0 Å². The Hall–Kier alpha value is -0.330. The summed E-state index contributed by atoms with van der Waals surface area (Å²) >= 11 is 0. The van der Waals surface area contributed by atoms with Gasteiger partial charge in [0.1, 0.15) is 6.29 Å². The molecule has 0 aliphatic heterocycles. The first kappa shape index (κ1) is 10.7. The summed E-state index contributed by atoms with van der Waals surface area (Å²) in [5, 5.41) is 0. The molecule has 0 aromatic heterocycles. The lowest BCUT2D eigenvalue weighted by molar-refractivity contribution is -0.107. The second-order valence-corrected chi connectivity index (χ2v) is 2.88. The minimum atomic E-state index is 0.702. The summed E-state index contributed by atoms with van der Waals surface area (Å²) in [6.07, 6.45) is 11.4. The Bertz CT molecular complexity index is 78.9. The number of hydrogen-bond acceptors (Lipinski definition) is 1. The molecule has 65 valence electrons. The molecule has 0 heterocycles. The lowest BCUT2D eigenvalue weighted by atomic mass is 10.1. The number of hydrogen-bond donors (Lipinski definition) is 0. The van der Waals surface area contributed by atoms with Gasteiger partial charge in [-0.1, -0.05) is 39.0 Å². The molecule has 0 aliphatic rings. The van der Waals surface area contributed by atoms with Gasteiger partial charge in [-0.3, -0.25) is 0 Å². The molecule has 0 rings (SSSR count). The Balaban J connectivity index is 2.74. The van der Waals surface area contributed by atoms with Gasteiger partial charge >= 0.3 is 0 Å². The topological polar surface area (TPSA) is 17.1 Å². The van der Waals surface area contributed by atoms with Crippen LogP contribution in [0.3, 0.4) is 0 Å². The van der Waals surface area contributed by atoms with Gasteiger partial charge in [-0.25, -0.2) is 0 Å². The zero-order chi connectivity index (χ0) is 8.36. The van der Waals surface area contributed by atoms with E-state index in [-0.39, 0.29) is 0 Å². The minimum Gasteiger partial charge on any atom is -0.303 e. The van der Waals surface area contributed by atoms with Gasteiger partial charge in [0.15, 0.2) is 0 Å². The van der Waals surface area contributed by atoms with Crippen molar-refractivity contribution in [3.8, 4) is 0 Å². The Morgan fingerprint density at radius 2 is 1.82 bits per heavy atom. The maximum absolute atomic E-state index is 9.92. The molecule has 0 unspecified atom stereocenters. The largest absolute Gasteiger partial charge is 0.303 e. The lowest BCUT2D eigenvalue weighted by Crippen LogP contribution is -1.81. The predicted octanol–water partition coefficient (Wildman–Crippen LogP) is 3.14. The molecule has 0 spiro atoms. The first-order valence-electron chi connectivity index (χ1n) is 4.67. The molecule has 1 radical (unpaired) electrons. The number of rotatable bonds is 8. The SMILES string of the molecule is CCCCCC[CH]CCC=O. The van der Waals surface area contributed by atoms with Crippen molar-refractivity contribution in [2.45, 2.75) is 51.9 Å². The third-order valence-electron chi connectivity index (χ3n) is 1.75. The Morgan fingerprint density at radius 1 is 1.00 bits per heavy atom. The van der Waals surface area contributed by atoms with Crippen LogP contribution in [0.1, 0.15) is 51.9 Å². The maximum atomic E-state index is 9.92. The fourth-order valence-electron chi connectivity index (χ4n) is 1.05. The monoisotopic (exact) mass is 155 g/mol. The zero-order valence-corrected chi connectivity index (χ0v) is 7.51. The van der Waals surface area contributed by atoms with Gasteiger partial charge in [-0.05, 0) is 12.8 Å². The number of aldehydes is 1. The predicted molar refractivity (Wildman–Crippen MR) is 48.4 cm³/mol. The molecule has 0 aromatic carbocycles. The molecule has 1 nitrogen and oxygen atoms in total. The molecule has 0 saturated carbocycles. The van der Waals surface area contributed by atoms with Crippen LogP contribution in [-0.2, 0) is 4.79 Å². The van der Waals surface area contributed by atoms with Gasteiger partial charge in [0.25, 0.3) is 0 Å². The zero-order valence-electron chi connectivity index (χ0n) is 7.51. The van der Waals surface area contributed by atoms with E-state index in [4.69, 9.17) is 0 Å². The summed E-state index contributed by atoms with van der Waals surface area (Å²) < 4.78 is 0. The minimum absolute atomic E-state index is 0.702. The summed E-state index contributed by atoms with van der Waals surface area (Å²) in [5.74, 6) is 0. The first-order valence-corrected chi connectivity index (χ1v) is 4.67. The van der Waals surface area contributed by atoms with Crippen LogP contribution in [0.15, 0.2) is 0 Å². The number of carbonyl (C=O) groups excluding carboxylic acids is 1. The first-order chi connectivity index (χ1) is 5.41. The lowest BCUT2D eigenvalue weighted by Gasteiger charge is -1.97. The normalized spacial score (nSPS) is 9.91. The molecule has 0 atom stereocenters. The Morgan fingerprint density at radius 3 is 2.45 bits per heavy atom. The van der Waals surface area contributed by atoms with E-state index >= 15 is 0 Å². The summed E-state index contributed by atoms with van der Waals surface area (Å²) in [6.45, 7) is 2.22. The van der Waals surface area contributed by atoms with Crippen molar-refractivity contribution in [3.05, 3.63) is 6.42 Å². The highest BCUT2D eigenvalue weighted by Crippen LogP contribution is 2.06. The van der Waals surface area contributed by atoms with Crippen LogP contribution in [0.4, 0.5) is 0 Å². The van der Waals surface area contributed by atoms with E-state index in [0.29, 0.717) is 6.42 Å². The van der Waals surface area contributed by atoms with Crippen LogP contribution in [0.2, 0.25) is 0 Å². The van der Waals surface area contributed by atoms with E-state index in [1.165, 1.54) is 32.1 Å². The molecular weight excluding hydrogens is 136 g/mol. The van der Waals surface area contributed by atoms with Crippen LogP contribution in [0, 0.1) is 6.42 Å².